The SMILES string of the molecule is O=C1CC(Sc2nc(Nc3ccccc3)nc(SC3CC(=O)N(c4ccccc4)C3=O)n2)C(=O)N1c1ccccc1. The highest BCUT2D eigenvalue weighted by Crippen LogP contribution is 2.36. The van der Waals surface area contributed by atoms with E-state index in [4.69, 9.17) is 0 Å². The molecule has 2 fully saturated rings. The van der Waals surface area contributed by atoms with Gasteiger partial charge in [0.05, 0.1) is 11.4 Å². The summed E-state index contributed by atoms with van der Waals surface area (Å²) in [5.74, 6) is -1.10. The Morgan fingerprint density at radius 2 is 1.00 bits per heavy atom. The number of aromatic nitrogens is 3. The van der Waals surface area contributed by atoms with Crippen molar-refractivity contribution in [1.82, 2.24) is 15.0 Å². The fourth-order valence-electron chi connectivity index (χ4n) is 4.49. The smallest absolute Gasteiger partial charge is 0.247 e. The highest BCUT2D eigenvalue weighted by molar-refractivity contribution is 8.01. The number of benzene rings is 3. The van der Waals surface area contributed by atoms with Gasteiger partial charge in [0, 0.05) is 18.5 Å². The van der Waals surface area contributed by atoms with E-state index in [0.717, 1.165) is 29.2 Å². The van der Waals surface area contributed by atoms with E-state index in [9.17, 15) is 19.2 Å². The van der Waals surface area contributed by atoms with Crippen LogP contribution in [0.4, 0.5) is 23.0 Å². The number of thioether (sulfide) groups is 2. The molecule has 204 valence electrons. The highest BCUT2D eigenvalue weighted by Gasteiger charge is 2.42. The molecule has 2 atom stereocenters. The molecule has 1 N–H and O–H groups in total. The Bertz CT molecular complexity index is 1530. The summed E-state index contributed by atoms with van der Waals surface area (Å²) in [6.45, 7) is 0. The Morgan fingerprint density at radius 3 is 1.44 bits per heavy atom. The predicted molar refractivity (Wildman–Crippen MR) is 156 cm³/mol. The molecule has 2 unspecified atom stereocenters. The minimum absolute atomic E-state index is 0.00432. The second-order valence-corrected chi connectivity index (χ2v) is 11.5. The van der Waals surface area contributed by atoms with Crippen molar-refractivity contribution in [3.63, 3.8) is 0 Å². The van der Waals surface area contributed by atoms with Crippen LogP contribution in [0, 0.1) is 0 Å². The predicted octanol–water partition coefficient (Wildman–Crippen LogP) is 4.46. The van der Waals surface area contributed by atoms with Crippen LogP contribution in [0.1, 0.15) is 12.8 Å². The summed E-state index contributed by atoms with van der Waals surface area (Å²) in [4.78, 5) is 67.8. The van der Waals surface area contributed by atoms with E-state index in [0.29, 0.717) is 11.4 Å². The lowest BCUT2D eigenvalue weighted by Crippen LogP contribution is -2.31. The molecule has 0 bridgehead atoms. The number of hydrogen-bond acceptors (Lipinski definition) is 10. The molecule has 4 amide bonds. The van der Waals surface area contributed by atoms with Gasteiger partial charge in [-0.2, -0.15) is 15.0 Å². The number of nitrogens with one attached hydrogen (secondary N) is 1. The van der Waals surface area contributed by atoms with Crippen LogP contribution in [0.3, 0.4) is 0 Å². The van der Waals surface area contributed by atoms with Crippen molar-refractivity contribution >= 4 is 70.2 Å². The molecule has 3 heterocycles. The van der Waals surface area contributed by atoms with E-state index in [2.05, 4.69) is 20.3 Å². The van der Waals surface area contributed by atoms with E-state index in [1.807, 2.05) is 42.5 Å². The van der Waals surface area contributed by atoms with Gasteiger partial charge in [0.15, 0.2) is 10.3 Å². The Labute approximate surface area is 243 Å². The fourth-order valence-corrected chi connectivity index (χ4v) is 6.48. The lowest BCUT2D eigenvalue weighted by Gasteiger charge is -2.15. The number of carbonyl (C=O) groups excluding carboxylic acids is 4. The Morgan fingerprint density at radius 1 is 0.585 bits per heavy atom. The van der Waals surface area contributed by atoms with Gasteiger partial charge in [-0.3, -0.25) is 19.2 Å². The summed E-state index contributed by atoms with van der Waals surface area (Å²) in [6.07, 6.45) is -0.00863. The molecule has 2 saturated heterocycles. The summed E-state index contributed by atoms with van der Waals surface area (Å²) in [5.41, 5.74) is 1.75. The van der Waals surface area contributed by atoms with Crippen LogP contribution in [0.2, 0.25) is 0 Å². The van der Waals surface area contributed by atoms with Crippen molar-refractivity contribution < 1.29 is 19.2 Å². The monoisotopic (exact) mass is 582 g/mol. The summed E-state index contributed by atoms with van der Waals surface area (Å²) < 4.78 is 0. The van der Waals surface area contributed by atoms with Crippen molar-refractivity contribution in [3.8, 4) is 0 Å². The quantitative estimate of drug-likeness (QED) is 0.298. The number of amides is 4. The Hall–Kier alpha value is -4.55. The number of anilines is 4. The molecule has 2 aliphatic rings. The van der Waals surface area contributed by atoms with Crippen LogP contribution in [-0.2, 0) is 19.2 Å². The highest BCUT2D eigenvalue weighted by atomic mass is 32.2. The molecule has 41 heavy (non-hydrogen) atoms. The molecule has 6 rings (SSSR count). The molecule has 10 nitrogen and oxygen atoms in total. The largest absolute Gasteiger partial charge is 0.324 e. The molecule has 0 aliphatic carbocycles. The summed E-state index contributed by atoms with van der Waals surface area (Å²) in [6, 6.07) is 26.8. The van der Waals surface area contributed by atoms with Crippen LogP contribution in [0.5, 0.6) is 0 Å². The van der Waals surface area contributed by atoms with Gasteiger partial charge in [0.25, 0.3) is 0 Å². The molecular weight excluding hydrogens is 560 g/mol. The first-order valence-electron chi connectivity index (χ1n) is 12.7. The topological polar surface area (TPSA) is 125 Å². The Balaban J connectivity index is 1.26. The molecule has 12 heteroatoms. The van der Waals surface area contributed by atoms with Gasteiger partial charge in [-0.15, -0.1) is 0 Å². The normalized spacial score (nSPS) is 18.8. The van der Waals surface area contributed by atoms with Gasteiger partial charge >= 0.3 is 0 Å². The maximum Gasteiger partial charge on any atom is 0.247 e. The van der Waals surface area contributed by atoms with Gasteiger partial charge in [-0.25, -0.2) is 9.80 Å². The number of imide groups is 2. The van der Waals surface area contributed by atoms with Crippen molar-refractivity contribution in [2.75, 3.05) is 15.1 Å². The zero-order valence-electron chi connectivity index (χ0n) is 21.4. The zero-order valence-corrected chi connectivity index (χ0v) is 23.0. The average Bonchev–Trinajstić information content (AvgIpc) is 3.42. The number of carbonyl (C=O) groups is 4. The third-order valence-corrected chi connectivity index (χ3v) is 8.45. The standard InChI is InChI=1S/C29H22N6O4S2/c36-23-16-21(25(38)34(23)19-12-6-2-7-13-19)40-28-31-27(30-18-10-4-1-5-11-18)32-29(33-28)41-22-17-24(37)35(26(22)39)20-14-8-3-9-15-20/h1-15,21-22H,16-17H2,(H,30,31,32,33). The maximum absolute atomic E-state index is 13.2. The van der Waals surface area contributed by atoms with Gasteiger partial charge in [-0.1, -0.05) is 78.1 Å². The lowest BCUT2D eigenvalue weighted by atomic mass is 10.3. The molecule has 0 spiro atoms. The minimum Gasteiger partial charge on any atom is -0.324 e. The molecule has 1 aromatic heterocycles. The Kier molecular flexibility index (Phi) is 7.49. The summed E-state index contributed by atoms with van der Waals surface area (Å²) in [5, 5.41) is 2.12. The van der Waals surface area contributed by atoms with E-state index >= 15 is 0 Å². The number of nitrogens with zero attached hydrogens (tertiary/aromatic N) is 5. The molecular formula is C29H22N6O4S2. The third-order valence-electron chi connectivity index (χ3n) is 6.36. The zero-order chi connectivity index (χ0) is 28.3. The number of para-hydroxylation sites is 3. The van der Waals surface area contributed by atoms with Crippen molar-refractivity contribution in [3.05, 3.63) is 91.0 Å². The first-order valence-corrected chi connectivity index (χ1v) is 14.5. The summed E-state index contributed by atoms with van der Waals surface area (Å²) >= 11 is 2.13. The van der Waals surface area contributed by atoms with E-state index in [-0.39, 0.29) is 52.7 Å². The molecule has 4 aromatic rings. The van der Waals surface area contributed by atoms with E-state index in [1.54, 1.807) is 48.5 Å². The van der Waals surface area contributed by atoms with E-state index < -0.39 is 10.5 Å². The van der Waals surface area contributed by atoms with Crippen LogP contribution < -0.4 is 15.1 Å². The molecule has 0 radical (unpaired) electrons. The van der Waals surface area contributed by atoms with Crippen LogP contribution in [-0.4, -0.2) is 49.1 Å². The van der Waals surface area contributed by atoms with Gasteiger partial charge in [-0.05, 0) is 36.4 Å². The van der Waals surface area contributed by atoms with Crippen molar-refractivity contribution in [2.45, 2.75) is 33.7 Å². The second kappa shape index (κ2) is 11.5. The maximum atomic E-state index is 13.2. The fraction of sp³-hybridized carbons (Fsp3) is 0.138. The second-order valence-electron chi connectivity index (χ2n) is 9.14. The number of rotatable bonds is 8. The van der Waals surface area contributed by atoms with Gasteiger partial charge in [0.1, 0.15) is 10.5 Å². The van der Waals surface area contributed by atoms with Gasteiger partial charge in [0.2, 0.25) is 29.6 Å². The molecule has 2 aliphatic heterocycles. The third kappa shape index (κ3) is 5.70. The molecule has 3 aromatic carbocycles. The first-order chi connectivity index (χ1) is 20.0. The van der Waals surface area contributed by atoms with E-state index in [1.165, 1.54) is 9.80 Å². The average molecular weight is 583 g/mol. The van der Waals surface area contributed by atoms with Crippen LogP contribution in [0.15, 0.2) is 101 Å². The summed E-state index contributed by atoms with van der Waals surface area (Å²) in [7, 11) is 0. The van der Waals surface area contributed by atoms with Crippen LogP contribution in [0.25, 0.3) is 0 Å². The lowest BCUT2D eigenvalue weighted by molar-refractivity contribution is -0.122. The van der Waals surface area contributed by atoms with Gasteiger partial charge < -0.3 is 5.32 Å². The minimum atomic E-state index is -0.726. The first kappa shape index (κ1) is 26.7. The van der Waals surface area contributed by atoms with Crippen molar-refractivity contribution in [2.24, 2.45) is 0 Å². The number of hydrogen-bond donors (Lipinski definition) is 1. The molecule has 0 saturated carbocycles. The van der Waals surface area contributed by atoms with Crippen LogP contribution >= 0.6 is 23.5 Å². The van der Waals surface area contributed by atoms with Crippen molar-refractivity contribution in [1.29, 1.82) is 0 Å².